The number of hydrogen-bond donors (Lipinski definition) is 0. The number of morpholine rings is 1. The van der Waals surface area contributed by atoms with Crippen LogP contribution in [0.2, 0.25) is 0 Å². The van der Waals surface area contributed by atoms with E-state index in [2.05, 4.69) is 43.0 Å². The first kappa shape index (κ1) is 23.6. The SMILES string of the molecule is CCc1ccc(-c2nc3c(c(N4CCOCC4C)n2)CN(C(=O)COCCOC)CC3)cc1. The number of methoxy groups -OCH3 is 1. The van der Waals surface area contributed by atoms with Gasteiger partial charge in [0, 0.05) is 37.7 Å². The minimum absolute atomic E-state index is 0.0167. The van der Waals surface area contributed by atoms with E-state index < -0.39 is 0 Å². The molecule has 178 valence electrons. The molecular formula is C25H34N4O4. The molecule has 8 nitrogen and oxygen atoms in total. The molecule has 2 aliphatic rings. The maximum absolute atomic E-state index is 12.8. The number of rotatable bonds is 8. The van der Waals surface area contributed by atoms with Crippen LogP contribution in [-0.4, -0.2) is 80.1 Å². The molecular weight excluding hydrogens is 420 g/mol. The Morgan fingerprint density at radius 2 is 2.00 bits per heavy atom. The Hall–Kier alpha value is -2.55. The lowest BCUT2D eigenvalue weighted by Gasteiger charge is -2.38. The van der Waals surface area contributed by atoms with Gasteiger partial charge in [0.1, 0.15) is 12.4 Å². The molecule has 0 aliphatic carbocycles. The summed E-state index contributed by atoms with van der Waals surface area (Å²) in [5.41, 5.74) is 4.37. The zero-order chi connectivity index (χ0) is 23.2. The Balaban J connectivity index is 1.63. The van der Waals surface area contributed by atoms with Gasteiger partial charge in [-0.1, -0.05) is 31.2 Å². The van der Waals surface area contributed by atoms with E-state index in [4.69, 9.17) is 24.2 Å². The van der Waals surface area contributed by atoms with Gasteiger partial charge >= 0.3 is 0 Å². The first-order valence-electron chi connectivity index (χ1n) is 11.8. The molecule has 0 N–H and O–H groups in total. The normalized spacial score (nSPS) is 18.3. The van der Waals surface area contributed by atoms with E-state index in [-0.39, 0.29) is 18.6 Å². The standard InChI is InChI=1S/C25H34N4O4/c1-4-19-5-7-20(8-6-19)24-26-22-9-10-28(23(30)17-33-14-13-31-3)15-21(22)25(27-24)29-11-12-32-16-18(29)2/h5-8,18H,4,9-17H2,1-3H3. The number of amides is 1. The van der Waals surface area contributed by atoms with Crippen LogP contribution >= 0.6 is 0 Å². The van der Waals surface area contributed by atoms with Crippen LogP contribution in [-0.2, 0) is 38.4 Å². The van der Waals surface area contributed by atoms with Gasteiger partial charge in [-0.15, -0.1) is 0 Å². The van der Waals surface area contributed by atoms with Crippen molar-refractivity contribution in [2.24, 2.45) is 0 Å². The van der Waals surface area contributed by atoms with Gasteiger partial charge in [-0.3, -0.25) is 4.79 Å². The van der Waals surface area contributed by atoms with Crippen LogP contribution in [0.5, 0.6) is 0 Å². The molecule has 1 fully saturated rings. The van der Waals surface area contributed by atoms with Crippen LogP contribution < -0.4 is 4.90 Å². The van der Waals surface area contributed by atoms with Crippen molar-refractivity contribution in [2.75, 3.05) is 58.1 Å². The largest absolute Gasteiger partial charge is 0.382 e. The fraction of sp³-hybridized carbons (Fsp3) is 0.560. The van der Waals surface area contributed by atoms with Gasteiger partial charge in [-0.2, -0.15) is 0 Å². The molecule has 1 saturated heterocycles. The summed E-state index contributed by atoms with van der Waals surface area (Å²) in [4.78, 5) is 26.9. The molecule has 1 amide bonds. The lowest BCUT2D eigenvalue weighted by atomic mass is 10.0. The van der Waals surface area contributed by atoms with Gasteiger partial charge in [0.15, 0.2) is 5.82 Å². The lowest BCUT2D eigenvalue weighted by Crippen LogP contribution is -2.46. The second-order valence-corrected chi connectivity index (χ2v) is 8.57. The minimum Gasteiger partial charge on any atom is -0.382 e. The number of benzene rings is 1. The van der Waals surface area contributed by atoms with Crippen molar-refractivity contribution >= 4 is 11.7 Å². The maximum Gasteiger partial charge on any atom is 0.248 e. The van der Waals surface area contributed by atoms with Crippen LogP contribution in [0, 0.1) is 0 Å². The highest BCUT2D eigenvalue weighted by molar-refractivity contribution is 5.78. The summed E-state index contributed by atoms with van der Waals surface area (Å²) in [5.74, 6) is 1.65. The summed E-state index contributed by atoms with van der Waals surface area (Å²) < 4.78 is 16.1. The molecule has 1 atom stereocenters. The summed E-state index contributed by atoms with van der Waals surface area (Å²) in [5, 5.41) is 0. The third-order valence-electron chi connectivity index (χ3n) is 6.31. The summed E-state index contributed by atoms with van der Waals surface area (Å²) in [6.07, 6.45) is 1.70. The predicted octanol–water partition coefficient (Wildman–Crippen LogP) is 2.48. The average Bonchev–Trinajstić information content (AvgIpc) is 2.86. The van der Waals surface area contributed by atoms with E-state index in [0.29, 0.717) is 45.9 Å². The van der Waals surface area contributed by atoms with Crippen LogP contribution in [0.25, 0.3) is 11.4 Å². The zero-order valence-corrected chi connectivity index (χ0v) is 19.9. The van der Waals surface area contributed by atoms with Crippen molar-refractivity contribution in [1.29, 1.82) is 0 Å². The molecule has 8 heteroatoms. The van der Waals surface area contributed by atoms with E-state index in [1.807, 2.05) is 4.90 Å². The Kier molecular flexibility index (Phi) is 7.90. The van der Waals surface area contributed by atoms with Gasteiger partial charge in [-0.25, -0.2) is 9.97 Å². The van der Waals surface area contributed by atoms with Crippen molar-refractivity contribution in [3.63, 3.8) is 0 Å². The van der Waals surface area contributed by atoms with E-state index >= 15 is 0 Å². The quantitative estimate of drug-likeness (QED) is 0.567. The van der Waals surface area contributed by atoms with Crippen molar-refractivity contribution in [3.05, 3.63) is 41.1 Å². The molecule has 1 aromatic carbocycles. The Bertz CT molecular complexity index is 950. The first-order valence-corrected chi connectivity index (χ1v) is 11.8. The number of carbonyl (C=O) groups excluding carboxylic acids is 1. The number of carbonyl (C=O) groups is 1. The number of aromatic nitrogens is 2. The predicted molar refractivity (Wildman–Crippen MR) is 126 cm³/mol. The van der Waals surface area contributed by atoms with Gasteiger partial charge in [0.2, 0.25) is 5.91 Å². The zero-order valence-electron chi connectivity index (χ0n) is 19.9. The number of ether oxygens (including phenoxy) is 3. The highest BCUT2D eigenvalue weighted by atomic mass is 16.5. The monoisotopic (exact) mass is 454 g/mol. The molecule has 3 heterocycles. The molecule has 0 radical (unpaired) electrons. The van der Waals surface area contributed by atoms with Gasteiger partial charge in [0.05, 0.1) is 44.7 Å². The minimum atomic E-state index is -0.0167. The van der Waals surface area contributed by atoms with E-state index in [1.54, 1.807) is 7.11 Å². The van der Waals surface area contributed by atoms with E-state index in [9.17, 15) is 4.79 Å². The van der Waals surface area contributed by atoms with Crippen molar-refractivity contribution in [2.45, 2.75) is 39.3 Å². The van der Waals surface area contributed by atoms with Gasteiger partial charge < -0.3 is 24.0 Å². The van der Waals surface area contributed by atoms with Crippen molar-refractivity contribution in [1.82, 2.24) is 14.9 Å². The fourth-order valence-corrected chi connectivity index (χ4v) is 4.30. The Morgan fingerprint density at radius 3 is 2.73 bits per heavy atom. The number of fused-ring (bicyclic) bond motifs is 1. The highest BCUT2D eigenvalue weighted by Gasteiger charge is 2.30. The second-order valence-electron chi connectivity index (χ2n) is 8.57. The topological polar surface area (TPSA) is 77.0 Å². The molecule has 0 bridgehead atoms. The van der Waals surface area contributed by atoms with Crippen LogP contribution in [0.4, 0.5) is 5.82 Å². The second kappa shape index (κ2) is 11.0. The molecule has 0 spiro atoms. The van der Waals surface area contributed by atoms with Crippen LogP contribution in [0.3, 0.4) is 0 Å². The molecule has 2 aromatic rings. The Morgan fingerprint density at radius 1 is 1.18 bits per heavy atom. The third kappa shape index (κ3) is 5.51. The van der Waals surface area contributed by atoms with Gasteiger partial charge in [-0.05, 0) is 18.9 Å². The first-order chi connectivity index (χ1) is 16.1. The average molecular weight is 455 g/mol. The molecule has 1 unspecified atom stereocenters. The molecule has 0 saturated carbocycles. The van der Waals surface area contributed by atoms with Crippen molar-refractivity contribution in [3.8, 4) is 11.4 Å². The Labute approximate surface area is 195 Å². The summed E-state index contributed by atoms with van der Waals surface area (Å²) in [6.45, 7) is 8.47. The molecule has 2 aliphatic heterocycles. The lowest BCUT2D eigenvalue weighted by molar-refractivity contribution is -0.137. The van der Waals surface area contributed by atoms with Crippen LogP contribution in [0.1, 0.15) is 30.7 Å². The number of anilines is 1. The van der Waals surface area contributed by atoms with E-state index in [0.717, 1.165) is 41.4 Å². The van der Waals surface area contributed by atoms with Crippen LogP contribution in [0.15, 0.2) is 24.3 Å². The third-order valence-corrected chi connectivity index (χ3v) is 6.31. The number of aryl methyl sites for hydroxylation is 1. The van der Waals surface area contributed by atoms with Gasteiger partial charge in [0.25, 0.3) is 0 Å². The molecule has 4 rings (SSSR count). The van der Waals surface area contributed by atoms with E-state index in [1.165, 1.54) is 5.56 Å². The summed E-state index contributed by atoms with van der Waals surface area (Å²) >= 11 is 0. The summed E-state index contributed by atoms with van der Waals surface area (Å²) in [6, 6.07) is 8.68. The summed E-state index contributed by atoms with van der Waals surface area (Å²) in [7, 11) is 1.62. The number of hydrogen-bond acceptors (Lipinski definition) is 7. The highest BCUT2D eigenvalue weighted by Crippen LogP contribution is 2.31. The van der Waals surface area contributed by atoms with Crippen molar-refractivity contribution < 1.29 is 19.0 Å². The smallest absolute Gasteiger partial charge is 0.248 e. The maximum atomic E-state index is 12.8. The fourth-order valence-electron chi connectivity index (χ4n) is 4.30. The molecule has 33 heavy (non-hydrogen) atoms. The molecule has 1 aromatic heterocycles. The number of nitrogens with zero attached hydrogens (tertiary/aromatic N) is 4.